The lowest BCUT2D eigenvalue weighted by atomic mass is 10.4. The Kier molecular flexibility index (Phi) is 4.16. The molecule has 80 valence electrons. The maximum atomic E-state index is 11.7. The summed E-state index contributed by atoms with van der Waals surface area (Å²) in [5.41, 5.74) is 0. The number of hydrogen-bond acceptors (Lipinski definition) is 3. The van der Waals surface area contributed by atoms with Gasteiger partial charge in [-0.2, -0.15) is 0 Å². The minimum atomic E-state index is -3.39. The molecule has 0 aromatic carbocycles. The molecule has 0 saturated carbocycles. The maximum Gasteiger partial charge on any atom is 0.242 e. The fourth-order valence-corrected chi connectivity index (χ4v) is 5.94. The van der Waals surface area contributed by atoms with Gasteiger partial charge in [-0.05, 0) is 51.8 Å². The van der Waals surface area contributed by atoms with Crippen molar-refractivity contribution in [2.75, 3.05) is 0 Å². The smallest absolute Gasteiger partial charge is 0.209 e. The Morgan fingerprint density at radius 1 is 1.43 bits per heavy atom. The maximum absolute atomic E-state index is 11.7. The van der Waals surface area contributed by atoms with E-state index in [0.717, 1.165) is 3.79 Å². The number of sulfonamides is 1. The molecule has 0 bridgehead atoms. The first-order valence-electron chi connectivity index (χ1n) is 3.80. The summed E-state index contributed by atoms with van der Waals surface area (Å²) in [6.45, 7) is 3.57. The van der Waals surface area contributed by atoms with Crippen LogP contribution in [0.5, 0.6) is 0 Å². The van der Waals surface area contributed by atoms with Crippen molar-refractivity contribution in [3.05, 3.63) is 13.6 Å². The standard InChI is InChI=1S/C7H9Br2NO2S2/c1-4(2)10-14(11,12)5-3-6(8)13-7(5)9/h3-4,10H,1-2H3. The van der Waals surface area contributed by atoms with Crippen LogP contribution < -0.4 is 4.72 Å². The summed E-state index contributed by atoms with van der Waals surface area (Å²) < 4.78 is 27.4. The fourth-order valence-electron chi connectivity index (χ4n) is 0.882. The van der Waals surface area contributed by atoms with Gasteiger partial charge < -0.3 is 0 Å². The molecule has 1 aromatic rings. The molecule has 0 radical (unpaired) electrons. The molecule has 1 rings (SSSR count). The van der Waals surface area contributed by atoms with Gasteiger partial charge in [-0.15, -0.1) is 11.3 Å². The lowest BCUT2D eigenvalue weighted by Gasteiger charge is -2.07. The number of thiophene rings is 1. The van der Waals surface area contributed by atoms with Gasteiger partial charge in [-0.1, -0.05) is 0 Å². The number of rotatable bonds is 3. The lowest BCUT2D eigenvalue weighted by Crippen LogP contribution is -2.30. The van der Waals surface area contributed by atoms with E-state index >= 15 is 0 Å². The largest absolute Gasteiger partial charge is 0.242 e. The molecule has 0 spiro atoms. The van der Waals surface area contributed by atoms with Gasteiger partial charge in [0.05, 0.1) is 7.57 Å². The molecule has 0 atom stereocenters. The topological polar surface area (TPSA) is 46.2 Å². The van der Waals surface area contributed by atoms with Gasteiger partial charge in [0, 0.05) is 6.04 Å². The second-order valence-electron chi connectivity index (χ2n) is 2.96. The highest BCUT2D eigenvalue weighted by Gasteiger charge is 2.20. The van der Waals surface area contributed by atoms with E-state index in [4.69, 9.17) is 0 Å². The summed E-state index contributed by atoms with van der Waals surface area (Å²) in [6, 6.07) is 1.48. The Bertz CT molecular complexity index is 425. The Morgan fingerprint density at radius 3 is 2.36 bits per heavy atom. The highest BCUT2D eigenvalue weighted by atomic mass is 79.9. The molecule has 0 amide bonds. The van der Waals surface area contributed by atoms with Gasteiger partial charge in [0.15, 0.2) is 0 Å². The number of nitrogens with one attached hydrogen (secondary N) is 1. The Morgan fingerprint density at radius 2 is 2.00 bits per heavy atom. The molecule has 3 nitrogen and oxygen atoms in total. The summed E-state index contributed by atoms with van der Waals surface area (Å²) >= 11 is 7.79. The van der Waals surface area contributed by atoms with Gasteiger partial charge in [0.2, 0.25) is 10.0 Å². The monoisotopic (exact) mass is 361 g/mol. The molecule has 0 saturated heterocycles. The van der Waals surface area contributed by atoms with Crippen LogP contribution in [0.4, 0.5) is 0 Å². The van der Waals surface area contributed by atoms with E-state index in [0.29, 0.717) is 3.79 Å². The molecular weight excluding hydrogens is 354 g/mol. The van der Waals surface area contributed by atoms with Gasteiger partial charge in [0.25, 0.3) is 0 Å². The quantitative estimate of drug-likeness (QED) is 0.898. The molecular formula is C7H9Br2NO2S2. The van der Waals surface area contributed by atoms with Crippen molar-refractivity contribution < 1.29 is 8.42 Å². The van der Waals surface area contributed by atoms with E-state index in [9.17, 15) is 8.42 Å². The van der Waals surface area contributed by atoms with Crippen LogP contribution in [0.15, 0.2) is 18.5 Å². The van der Waals surface area contributed by atoms with Gasteiger partial charge in [0.1, 0.15) is 4.90 Å². The van der Waals surface area contributed by atoms with Crippen molar-refractivity contribution in [1.82, 2.24) is 4.72 Å². The summed E-state index contributed by atoms with van der Waals surface area (Å²) in [4.78, 5) is 0.281. The minimum Gasteiger partial charge on any atom is -0.209 e. The molecule has 0 aliphatic rings. The Labute approximate surface area is 104 Å². The van der Waals surface area contributed by atoms with Crippen LogP contribution in [-0.4, -0.2) is 14.5 Å². The first-order chi connectivity index (χ1) is 6.33. The van der Waals surface area contributed by atoms with Crippen LogP contribution in [0.2, 0.25) is 0 Å². The van der Waals surface area contributed by atoms with E-state index in [1.54, 1.807) is 19.9 Å². The average molecular weight is 363 g/mol. The third kappa shape index (κ3) is 3.03. The summed E-state index contributed by atoms with van der Waals surface area (Å²) in [5, 5.41) is 0. The molecule has 0 unspecified atom stereocenters. The van der Waals surface area contributed by atoms with Crippen molar-refractivity contribution in [2.24, 2.45) is 0 Å². The van der Waals surface area contributed by atoms with Gasteiger partial charge in [-0.25, -0.2) is 13.1 Å². The van der Waals surface area contributed by atoms with Crippen molar-refractivity contribution in [1.29, 1.82) is 0 Å². The van der Waals surface area contributed by atoms with Crippen molar-refractivity contribution in [3.63, 3.8) is 0 Å². The van der Waals surface area contributed by atoms with Crippen molar-refractivity contribution >= 4 is 53.2 Å². The molecule has 0 aliphatic heterocycles. The average Bonchev–Trinajstić information content (AvgIpc) is 2.27. The van der Waals surface area contributed by atoms with Crippen LogP contribution >= 0.6 is 43.2 Å². The van der Waals surface area contributed by atoms with Crippen LogP contribution in [0, 0.1) is 0 Å². The van der Waals surface area contributed by atoms with Gasteiger partial charge in [-0.3, -0.25) is 0 Å². The van der Waals surface area contributed by atoms with Gasteiger partial charge >= 0.3 is 0 Å². The molecule has 7 heteroatoms. The van der Waals surface area contributed by atoms with Crippen LogP contribution in [-0.2, 0) is 10.0 Å². The molecule has 1 heterocycles. The predicted octanol–water partition coefficient (Wildman–Crippen LogP) is 2.96. The first kappa shape index (κ1) is 12.6. The first-order valence-corrected chi connectivity index (χ1v) is 7.68. The third-order valence-electron chi connectivity index (χ3n) is 1.31. The number of hydrogen-bond donors (Lipinski definition) is 1. The molecule has 0 fully saturated rings. The zero-order chi connectivity index (χ0) is 10.9. The second-order valence-corrected chi connectivity index (χ2v) is 8.40. The molecule has 14 heavy (non-hydrogen) atoms. The molecule has 1 N–H and O–H groups in total. The highest BCUT2D eigenvalue weighted by molar-refractivity contribution is 9.12. The summed E-state index contributed by atoms with van der Waals surface area (Å²) in [6.07, 6.45) is 0. The van der Waals surface area contributed by atoms with E-state index in [2.05, 4.69) is 36.6 Å². The number of halogens is 2. The minimum absolute atomic E-state index is 0.106. The van der Waals surface area contributed by atoms with Crippen LogP contribution in [0.1, 0.15) is 13.8 Å². The summed E-state index contributed by atoms with van der Waals surface area (Å²) in [5.74, 6) is 0. The summed E-state index contributed by atoms with van der Waals surface area (Å²) in [7, 11) is -3.39. The zero-order valence-electron chi connectivity index (χ0n) is 7.54. The Balaban J connectivity index is 3.10. The van der Waals surface area contributed by atoms with E-state index < -0.39 is 10.0 Å². The highest BCUT2D eigenvalue weighted by Crippen LogP contribution is 2.34. The normalized spacial score (nSPS) is 12.4. The lowest BCUT2D eigenvalue weighted by molar-refractivity contribution is 0.570. The van der Waals surface area contributed by atoms with Crippen molar-refractivity contribution in [2.45, 2.75) is 24.8 Å². The van der Waals surface area contributed by atoms with Crippen molar-refractivity contribution in [3.8, 4) is 0 Å². The van der Waals surface area contributed by atoms with E-state index in [1.807, 2.05) is 0 Å². The SMILES string of the molecule is CC(C)NS(=O)(=O)c1cc(Br)sc1Br. The van der Waals surface area contributed by atoms with E-state index in [-0.39, 0.29) is 10.9 Å². The van der Waals surface area contributed by atoms with E-state index in [1.165, 1.54) is 11.3 Å². The molecule has 1 aromatic heterocycles. The predicted molar refractivity (Wildman–Crippen MR) is 65.2 cm³/mol. The Hall–Kier alpha value is 0.570. The third-order valence-corrected chi connectivity index (χ3v) is 5.72. The molecule has 0 aliphatic carbocycles. The fraction of sp³-hybridized carbons (Fsp3) is 0.429. The zero-order valence-corrected chi connectivity index (χ0v) is 12.3. The second kappa shape index (κ2) is 4.61. The van der Waals surface area contributed by atoms with Crippen LogP contribution in [0.3, 0.4) is 0 Å². The van der Waals surface area contributed by atoms with Crippen LogP contribution in [0.25, 0.3) is 0 Å².